The molecule has 0 spiro atoms. The number of rotatable bonds is 7. The van der Waals surface area contributed by atoms with Gasteiger partial charge >= 0.3 is 0 Å². The first-order valence-corrected chi connectivity index (χ1v) is 11.6. The zero-order chi connectivity index (χ0) is 20.1. The Morgan fingerprint density at radius 1 is 1.34 bits per heavy atom. The highest BCUT2D eigenvalue weighted by atomic mass is 32.2. The van der Waals surface area contributed by atoms with E-state index in [0.29, 0.717) is 5.56 Å². The molecule has 29 heavy (non-hydrogen) atoms. The molecular formula is C22H23N3O2S2. The van der Waals surface area contributed by atoms with Gasteiger partial charge in [-0.3, -0.25) is 9.78 Å². The van der Waals surface area contributed by atoms with Gasteiger partial charge in [0.1, 0.15) is 5.01 Å². The molecule has 2 aromatic heterocycles. The third-order valence-corrected chi connectivity index (χ3v) is 7.01. The lowest BCUT2D eigenvalue weighted by Crippen LogP contribution is -2.27. The van der Waals surface area contributed by atoms with Crippen molar-refractivity contribution in [1.29, 1.82) is 0 Å². The summed E-state index contributed by atoms with van der Waals surface area (Å²) in [6.45, 7) is 2.81. The first-order valence-electron chi connectivity index (χ1n) is 9.71. The Morgan fingerprint density at radius 2 is 2.24 bits per heavy atom. The highest BCUT2D eigenvalue weighted by Crippen LogP contribution is 2.28. The number of ether oxygens (including phenoxy) is 1. The van der Waals surface area contributed by atoms with E-state index in [1.165, 1.54) is 0 Å². The second-order valence-corrected chi connectivity index (χ2v) is 8.90. The zero-order valence-electron chi connectivity index (χ0n) is 16.2. The van der Waals surface area contributed by atoms with Crippen LogP contribution in [-0.2, 0) is 4.74 Å². The van der Waals surface area contributed by atoms with Gasteiger partial charge in [-0.05, 0) is 44.0 Å². The molecule has 150 valence electrons. The molecule has 0 radical (unpaired) electrons. The van der Waals surface area contributed by atoms with Gasteiger partial charge in [0.15, 0.2) is 0 Å². The van der Waals surface area contributed by atoms with Crippen LogP contribution in [0.1, 0.15) is 41.2 Å². The number of nitrogens with zero attached hydrogens (tertiary/aromatic N) is 2. The van der Waals surface area contributed by atoms with E-state index in [4.69, 9.17) is 4.74 Å². The fourth-order valence-corrected chi connectivity index (χ4v) is 5.16. The summed E-state index contributed by atoms with van der Waals surface area (Å²) in [7, 11) is 0. The van der Waals surface area contributed by atoms with Gasteiger partial charge in [0.05, 0.1) is 23.4 Å². The molecule has 3 aromatic rings. The molecule has 5 nitrogen and oxygen atoms in total. The number of amides is 1. The Labute approximate surface area is 178 Å². The number of carbonyl (C=O) groups excluding carboxylic acids is 1. The number of aromatic nitrogens is 2. The van der Waals surface area contributed by atoms with E-state index in [1.807, 2.05) is 48.7 Å². The van der Waals surface area contributed by atoms with Crippen LogP contribution in [0, 0.1) is 0 Å². The van der Waals surface area contributed by atoms with E-state index in [0.717, 1.165) is 46.4 Å². The normalized spacial score (nSPS) is 17.2. The molecule has 2 atom stereocenters. The van der Waals surface area contributed by atoms with E-state index in [1.54, 1.807) is 35.5 Å². The smallest absolute Gasteiger partial charge is 0.252 e. The lowest BCUT2D eigenvalue weighted by molar-refractivity contribution is 0.0936. The molecule has 1 aliphatic heterocycles. The van der Waals surface area contributed by atoms with Crippen LogP contribution in [0.15, 0.2) is 59.1 Å². The maximum atomic E-state index is 12.9. The molecule has 2 unspecified atom stereocenters. The number of hydrogen-bond acceptors (Lipinski definition) is 6. The molecule has 7 heteroatoms. The fraction of sp³-hybridized carbons (Fsp3) is 0.318. The Balaban J connectivity index is 1.42. The molecule has 1 fully saturated rings. The van der Waals surface area contributed by atoms with Gasteiger partial charge in [-0.25, -0.2) is 4.98 Å². The van der Waals surface area contributed by atoms with Crippen molar-refractivity contribution < 1.29 is 9.53 Å². The molecule has 0 aliphatic carbocycles. The van der Waals surface area contributed by atoms with E-state index in [2.05, 4.69) is 15.3 Å². The number of carbonyl (C=O) groups is 1. The average Bonchev–Trinajstić information content (AvgIpc) is 3.45. The third-order valence-electron chi connectivity index (χ3n) is 4.78. The quantitative estimate of drug-likeness (QED) is 0.542. The minimum Gasteiger partial charge on any atom is -0.377 e. The topological polar surface area (TPSA) is 64.1 Å². The van der Waals surface area contributed by atoms with Gasteiger partial charge in [0.2, 0.25) is 0 Å². The predicted octanol–water partition coefficient (Wildman–Crippen LogP) is 4.97. The van der Waals surface area contributed by atoms with Crippen LogP contribution in [0.25, 0.3) is 11.3 Å². The molecule has 0 saturated carbocycles. The lowest BCUT2D eigenvalue weighted by Gasteiger charge is -2.15. The van der Waals surface area contributed by atoms with Crippen molar-refractivity contribution in [2.45, 2.75) is 36.8 Å². The summed E-state index contributed by atoms with van der Waals surface area (Å²) in [5, 5.41) is 5.97. The van der Waals surface area contributed by atoms with Gasteiger partial charge < -0.3 is 10.1 Å². The molecule has 3 heterocycles. The summed E-state index contributed by atoms with van der Waals surface area (Å²) in [5.41, 5.74) is 2.56. The van der Waals surface area contributed by atoms with Crippen molar-refractivity contribution >= 4 is 29.0 Å². The van der Waals surface area contributed by atoms with Crippen LogP contribution in [0.4, 0.5) is 0 Å². The van der Waals surface area contributed by atoms with Gasteiger partial charge in [-0.15, -0.1) is 23.1 Å². The van der Waals surface area contributed by atoms with Crippen molar-refractivity contribution in [3.63, 3.8) is 0 Å². The van der Waals surface area contributed by atoms with Crippen LogP contribution in [0.2, 0.25) is 0 Å². The molecule has 1 N–H and O–H groups in total. The van der Waals surface area contributed by atoms with E-state index >= 15 is 0 Å². The van der Waals surface area contributed by atoms with Crippen LogP contribution in [0.5, 0.6) is 0 Å². The molecule has 0 bridgehead atoms. The number of thiazole rings is 1. The minimum absolute atomic E-state index is 0.0777. The van der Waals surface area contributed by atoms with Gasteiger partial charge in [-0.1, -0.05) is 12.1 Å². The maximum Gasteiger partial charge on any atom is 0.252 e. The highest BCUT2D eigenvalue weighted by Gasteiger charge is 2.20. The molecule has 1 aromatic carbocycles. The summed E-state index contributed by atoms with van der Waals surface area (Å²) in [4.78, 5) is 22.7. The van der Waals surface area contributed by atoms with E-state index in [-0.39, 0.29) is 18.1 Å². The van der Waals surface area contributed by atoms with Crippen LogP contribution in [0.3, 0.4) is 0 Å². The predicted molar refractivity (Wildman–Crippen MR) is 117 cm³/mol. The maximum absolute atomic E-state index is 12.9. The summed E-state index contributed by atoms with van der Waals surface area (Å²) in [5.74, 6) is 0.798. The Bertz CT molecular complexity index is 955. The van der Waals surface area contributed by atoms with Crippen LogP contribution >= 0.6 is 23.1 Å². The third kappa shape index (κ3) is 5.04. The summed E-state index contributed by atoms with van der Waals surface area (Å²) < 4.78 is 5.70. The molecular weight excluding hydrogens is 402 g/mol. The van der Waals surface area contributed by atoms with E-state index < -0.39 is 0 Å². The minimum atomic E-state index is -0.172. The molecule has 4 rings (SSSR count). The Kier molecular flexibility index (Phi) is 6.59. The average molecular weight is 426 g/mol. The first kappa shape index (κ1) is 20.1. The largest absolute Gasteiger partial charge is 0.377 e. The molecule has 1 aliphatic rings. The first-order chi connectivity index (χ1) is 14.2. The van der Waals surface area contributed by atoms with Crippen molar-refractivity contribution in [3.05, 3.63) is 64.7 Å². The van der Waals surface area contributed by atoms with Crippen molar-refractivity contribution in [3.8, 4) is 11.3 Å². The standard InChI is InChI=1S/C22H23N3O2S2/c1-15(22-25-19(14-29-22)16-6-4-10-23-12-16)24-21(26)18-8-2-3-9-20(18)28-13-17-7-5-11-27-17/h2-4,6,8-10,12,14-15,17H,5,7,11,13H2,1H3,(H,24,26). The molecule has 1 saturated heterocycles. The van der Waals surface area contributed by atoms with Gasteiger partial charge in [0.25, 0.3) is 5.91 Å². The van der Waals surface area contributed by atoms with Crippen molar-refractivity contribution in [1.82, 2.24) is 15.3 Å². The number of benzene rings is 1. The lowest BCUT2D eigenvalue weighted by atomic mass is 10.2. The SMILES string of the molecule is CC(NC(=O)c1ccccc1SCC1CCCO1)c1nc(-c2cccnc2)cs1. The monoisotopic (exact) mass is 425 g/mol. The summed E-state index contributed by atoms with van der Waals surface area (Å²) in [6.07, 6.45) is 6.05. The Morgan fingerprint density at radius 3 is 3.03 bits per heavy atom. The number of hydrogen-bond donors (Lipinski definition) is 1. The number of nitrogens with one attached hydrogen (secondary N) is 1. The second-order valence-electron chi connectivity index (χ2n) is 6.95. The van der Waals surface area contributed by atoms with Gasteiger partial charge in [-0.2, -0.15) is 0 Å². The van der Waals surface area contributed by atoms with Crippen molar-refractivity contribution in [2.75, 3.05) is 12.4 Å². The fourth-order valence-electron chi connectivity index (χ4n) is 3.21. The van der Waals surface area contributed by atoms with Crippen molar-refractivity contribution in [2.24, 2.45) is 0 Å². The zero-order valence-corrected chi connectivity index (χ0v) is 17.8. The highest BCUT2D eigenvalue weighted by molar-refractivity contribution is 7.99. The molecule has 1 amide bonds. The number of thioether (sulfide) groups is 1. The summed E-state index contributed by atoms with van der Waals surface area (Å²) in [6, 6.07) is 11.5. The second kappa shape index (κ2) is 9.52. The van der Waals surface area contributed by atoms with Crippen LogP contribution < -0.4 is 5.32 Å². The van der Waals surface area contributed by atoms with Crippen LogP contribution in [-0.4, -0.2) is 34.3 Å². The summed E-state index contributed by atoms with van der Waals surface area (Å²) >= 11 is 3.24. The van der Waals surface area contributed by atoms with Gasteiger partial charge in [0, 0.05) is 40.6 Å². The van der Waals surface area contributed by atoms with E-state index in [9.17, 15) is 4.79 Å². The Hall–Kier alpha value is -2.22. The number of pyridine rings is 1.